The van der Waals surface area contributed by atoms with Crippen LogP contribution in [0.4, 0.5) is 0 Å². The molecule has 32 heavy (non-hydrogen) atoms. The first-order valence-electron chi connectivity index (χ1n) is 11.3. The van der Waals surface area contributed by atoms with E-state index >= 15 is 0 Å². The average Bonchev–Trinajstić information content (AvgIpc) is 2.79. The number of hydrogen-bond donors (Lipinski definition) is 2. The lowest BCUT2D eigenvalue weighted by molar-refractivity contribution is -0.133. The third-order valence-electron chi connectivity index (χ3n) is 7.03. The highest BCUT2D eigenvalue weighted by Gasteiger charge is 2.51. The monoisotopic (exact) mass is 433 g/mol. The lowest BCUT2D eigenvalue weighted by Crippen LogP contribution is -2.50. The predicted octanol–water partition coefficient (Wildman–Crippen LogP) is 3.72. The highest BCUT2D eigenvalue weighted by molar-refractivity contribution is 5.76. The second kappa shape index (κ2) is 9.36. The Balaban J connectivity index is 1.66. The zero-order chi connectivity index (χ0) is 22.6. The fourth-order valence-electron chi connectivity index (χ4n) is 5.68. The molecule has 5 nitrogen and oxygen atoms in total. The second-order valence-corrected chi connectivity index (χ2v) is 9.00. The molecule has 0 bridgehead atoms. The van der Waals surface area contributed by atoms with Crippen LogP contribution in [0.15, 0.2) is 48.5 Å². The minimum Gasteiger partial charge on any atom is -0.484 e. The van der Waals surface area contributed by atoms with Crippen molar-refractivity contribution >= 4 is 5.91 Å². The van der Waals surface area contributed by atoms with Crippen LogP contribution in [0.5, 0.6) is 5.75 Å². The quantitative estimate of drug-likeness (QED) is 0.538. The molecule has 0 heterocycles. The molecule has 4 rings (SSSR count). The molecule has 0 aliphatic heterocycles. The molecule has 1 amide bonds. The number of hydrogen-bond acceptors (Lipinski definition) is 4. The van der Waals surface area contributed by atoms with Gasteiger partial charge in [-0.1, -0.05) is 42.3 Å². The van der Waals surface area contributed by atoms with Gasteiger partial charge in [-0.3, -0.25) is 9.63 Å². The summed E-state index contributed by atoms with van der Waals surface area (Å²) in [5.41, 5.74) is 5.27. The molecule has 2 aromatic carbocycles. The average molecular weight is 434 g/mol. The van der Waals surface area contributed by atoms with Crippen molar-refractivity contribution in [1.82, 2.24) is 5.48 Å². The van der Waals surface area contributed by atoms with Crippen LogP contribution in [0.1, 0.15) is 49.3 Å². The molecule has 1 fully saturated rings. The van der Waals surface area contributed by atoms with E-state index in [4.69, 9.17) is 4.74 Å². The van der Waals surface area contributed by atoms with Crippen molar-refractivity contribution in [3.05, 3.63) is 65.2 Å². The molecule has 2 N–H and O–H groups in total. The van der Waals surface area contributed by atoms with Gasteiger partial charge in [-0.25, -0.2) is 5.48 Å². The highest BCUT2D eigenvalue weighted by atomic mass is 16.6. The van der Waals surface area contributed by atoms with Crippen LogP contribution >= 0.6 is 0 Å². The number of carbonyl (C=O) groups excluding carboxylic acids is 1. The van der Waals surface area contributed by atoms with Crippen molar-refractivity contribution < 1.29 is 19.5 Å². The van der Waals surface area contributed by atoms with Crippen molar-refractivity contribution in [2.45, 2.75) is 56.5 Å². The van der Waals surface area contributed by atoms with Crippen molar-refractivity contribution in [2.75, 3.05) is 13.7 Å². The first-order chi connectivity index (χ1) is 15.5. The van der Waals surface area contributed by atoms with Gasteiger partial charge in [-0.05, 0) is 80.2 Å². The van der Waals surface area contributed by atoms with Crippen molar-refractivity contribution in [3.63, 3.8) is 0 Å². The van der Waals surface area contributed by atoms with Gasteiger partial charge in [0.25, 0.3) is 5.91 Å². The molecule has 5 heteroatoms. The van der Waals surface area contributed by atoms with Gasteiger partial charge in [-0.15, -0.1) is 5.92 Å². The summed E-state index contributed by atoms with van der Waals surface area (Å²) in [6.45, 7) is 1.71. The molecule has 3 atom stereocenters. The lowest BCUT2D eigenvalue weighted by Gasteiger charge is -2.52. The maximum atomic E-state index is 11.7. The number of carbonyl (C=O) groups is 1. The van der Waals surface area contributed by atoms with Crippen LogP contribution in [0.2, 0.25) is 0 Å². The molecule has 168 valence electrons. The van der Waals surface area contributed by atoms with Crippen LogP contribution < -0.4 is 10.2 Å². The summed E-state index contributed by atoms with van der Waals surface area (Å²) in [4.78, 5) is 16.3. The summed E-state index contributed by atoms with van der Waals surface area (Å²) < 4.78 is 5.69. The van der Waals surface area contributed by atoms with Crippen LogP contribution in [-0.2, 0) is 27.9 Å². The molecule has 2 aliphatic rings. The minimum absolute atomic E-state index is 0.0391. The Bertz CT molecular complexity index is 1020. The molecule has 0 spiro atoms. The summed E-state index contributed by atoms with van der Waals surface area (Å²) in [5, 5.41) is 11.1. The summed E-state index contributed by atoms with van der Waals surface area (Å²) >= 11 is 0. The van der Waals surface area contributed by atoms with Gasteiger partial charge >= 0.3 is 0 Å². The number of amides is 1. The third kappa shape index (κ3) is 4.53. The van der Waals surface area contributed by atoms with Crippen LogP contribution in [0.3, 0.4) is 0 Å². The van der Waals surface area contributed by atoms with Crippen molar-refractivity contribution in [3.8, 4) is 17.6 Å². The first-order valence-corrected chi connectivity index (χ1v) is 11.3. The highest BCUT2D eigenvalue weighted by Crippen LogP contribution is 2.54. The van der Waals surface area contributed by atoms with E-state index in [1.54, 1.807) is 6.92 Å². The smallest absolute Gasteiger partial charge is 0.281 e. The summed E-state index contributed by atoms with van der Waals surface area (Å²) in [6, 6.07) is 16.8. The maximum Gasteiger partial charge on any atom is 0.281 e. The van der Waals surface area contributed by atoms with E-state index in [-0.39, 0.29) is 17.9 Å². The molecular formula is C27H31NO4. The van der Waals surface area contributed by atoms with Gasteiger partial charge in [0.05, 0.1) is 7.11 Å². The molecule has 0 aromatic heterocycles. The van der Waals surface area contributed by atoms with E-state index in [1.165, 1.54) is 23.8 Å². The summed E-state index contributed by atoms with van der Waals surface area (Å²) in [7, 11) is 1.40. The molecule has 2 aromatic rings. The van der Waals surface area contributed by atoms with Gasteiger partial charge in [0, 0.05) is 5.41 Å². The van der Waals surface area contributed by atoms with E-state index in [9.17, 15) is 9.90 Å². The fraction of sp³-hybridized carbons (Fsp3) is 0.444. The molecule has 0 saturated heterocycles. The topological polar surface area (TPSA) is 67.8 Å². The molecule has 0 unspecified atom stereocenters. The van der Waals surface area contributed by atoms with E-state index < -0.39 is 5.60 Å². The Kier molecular flexibility index (Phi) is 6.55. The number of benzene rings is 2. The molecule has 1 saturated carbocycles. The molecule has 0 radical (unpaired) electrons. The molecular weight excluding hydrogens is 402 g/mol. The van der Waals surface area contributed by atoms with E-state index in [1.807, 2.05) is 12.1 Å². The second-order valence-electron chi connectivity index (χ2n) is 9.00. The third-order valence-corrected chi connectivity index (χ3v) is 7.03. The van der Waals surface area contributed by atoms with Crippen molar-refractivity contribution in [2.24, 2.45) is 5.92 Å². The molecule has 2 aliphatic carbocycles. The normalized spacial score (nSPS) is 26.2. The Morgan fingerprint density at radius 2 is 2.03 bits per heavy atom. The number of hydroxylamine groups is 1. The van der Waals surface area contributed by atoms with Crippen LogP contribution in [-0.4, -0.2) is 30.3 Å². The Hall–Kier alpha value is -2.81. The van der Waals surface area contributed by atoms with Crippen molar-refractivity contribution in [1.29, 1.82) is 0 Å². The largest absolute Gasteiger partial charge is 0.484 e. The van der Waals surface area contributed by atoms with Crippen LogP contribution in [0.25, 0.3) is 0 Å². The number of nitrogens with one attached hydrogen (secondary N) is 1. The van der Waals surface area contributed by atoms with E-state index in [0.29, 0.717) is 24.5 Å². The number of aryl methyl sites for hydroxylation is 1. The van der Waals surface area contributed by atoms with E-state index in [2.05, 4.69) is 58.6 Å². The maximum absolute atomic E-state index is 11.7. The summed E-state index contributed by atoms with van der Waals surface area (Å²) in [6.07, 6.45) is 5.13. The standard InChI is InChI=1S/C27H31NO4/c1-3-13-26(30)14-15-27(17-20-7-5-4-6-8-20)22(18-26)10-9-21-16-23(11-12-24(21)27)32-19-25(29)28-31-2/h4-8,11-12,16,22,30H,9-10,14-15,17-19H2,1-2H3,(H,28,29)/t22-,26-,27+/m1/s1. The zero-order valence-electron chi connectivity index (χ0n) is 18.8. The Labute approximate surface area is 190 Å². The minimum atomic E-state index is -0.894. The number of rotatable bonds is 6. The summed E-state index contributed by atoms with van der Waals surface area (Å²) in [5.74, 6) is 6.74. The van der Waals surface area contributed by atoms with Gasteiger partial charge < -0.3 is 9.84 Å². The van der Waals surface area contributed by atoms with Gasteiger partial charge in [0.1, 0.15) is 11.4 Å². The lowest BCUT2D eigenvalue weighted by atomic mass is 9.52. The first kappa shape index (κ1) is 22.4. The zero-order valence-corrected chi connectivity index (χ0v) is 18.8. The Morgan fingerprint density at radius 3 is 2.78 bits per heavy atom. The van der Waals surface area contributed by atoms with Crippen LogP contribution in [0, 0.1) is 17.8 Å². The number of aliphatic hydroxyl groups is 1. The number of fused-ring (bicyclic) bond motifs is 3. The van der Waals surface area contributed by atoms with Gasteiger partial charge in [-0.2, -0.15) is 0 Å². The SMILES string of the molecule is CC#C[C@@]1(O)CC[C@@]2(Cc3ccccc3)c3ccc(OCC(=O)NOC)cc3CC[C@@H]2C1. The van der Waals surface area contributed by atoms with Gasteiger partial charge in [0.15, 0.2) is 6.61 Å². The fourth-order valence-corrected chi connectivity index (χ4v) is 5.68. The van der Waals surface area contributed by atoms with Gasteiger partial charge in [0.2, 0.25) is 0 Å². The number of ether oxygens (including phenoxy) is 1. The Morgan fingerprint density at radius 1 is 1.22 bits per heavy atom. The van der Waals surface area contributed by atoms with E-state index in [0.717, 1.165) is 25.7 Å². The predicted molar refractivity (Wildman–Crippen MR) is 123 cm³/mol.